The van der Waals surface area contributed by atoms with Crippen molar-refractivity contribution in [1.29, 1.82) is 0 Å². The van der Waals surface area contributed by atoms with E-state index >= 15 is 0 Å². The summed E-state index contributed by atoms with van der Waals surface area (Å²) in [5.74, 6) is 0.0874. The fraction of sp³-hybridized carbons (Fsp3) is 0.176. The van der Waals surface area contributed by atoms with E-state index in [2.05, 4.69) is 10.6 Å². The Hall–Kier alpha value is -2.73. The minimum atomic E-state index is -0.459. The summed E-state index contributed by atoms with van der Waals surface area (Å²) in [7, 11) is 1.50. The number of halogens is 1. The molecule has 24 heavy (non-hydrogen) atoms. The molecular formula is C17H17ClN2O4. The average Bonchev–Trinajstić information content (AvgIpc) is 2.56. The number of esters is 1. The minimum absolute atomic E-state index is 0.308. The molecule has 0 aliphatic carbocycles. The molecule has 2 amide bonds. The molecule has 0 aromatic heterocycles. The summed E-state index contributed by atoms with van der Waals surface area (Å²) in [5.41, 5.74) is 1.39. The van der Waals surface area contributed by atoms with Gasteiger partial charge in [-0.25, -0.2) is 9.59 Å². The Morgan fingerprint density at radius 2 is 1.79 bits per heavy atom. The van der Waals surface area contributed by atoms with Gasteiger partial charge >= 0.3 is 12.0 Å². The van der Waals surface area contributed by atoms with Gasteiger partial charge in [0.15, 0.2) is 0 Å². The Morgan fingerprint density at radius 1 is 1.08 bits per heavy atom. The topological polar surface area (TPSA) is 76.7 Å². The first-order chi connectivity index (χ1) is 11.5. The molecule has 6 nitrogen and oxygen atoms in total. The Morgan fingerprint density at radius 3 is 2.42 bits per heavy atom. The average molecular weight is 349 g/mol. The van der Waals surface area contributed by atoms with Crippen molar-refractivity contribution >= 4 is 35.0 Å². The lowest BCUT2D eigenvalue weighted by Crippen LogP contribution is -2.19. The van der Waals surface area contributed by atoms with Gasteiger partial charge in [-0.15, -0.1) is 0 Å². The van der Waals surface area contributed by atoms with Gasteiger partial charge < -0.3 is 20.1 Å². The quantitative estimate of drug-likeness (QED) is 0.795. The molecule has 0 unspecified atom stereocenters. The van der Waals surface area contributed by atoms with Crippen molar-refractivity contribution in [2.24, 2.45) is 0 Å². The second-order valence-electron chi connectivity index (χ2n) is 4.72. The van der Waals surface area contributed by atoms with Crippen molar-refractivity contribution < 1.29 is 19.1 Å². The van der Waals surface area contributed by atoms with Crippen molar-refractivity contribution in [3.05, 3.63) is 53.1 Å². The van der Waals surface area contributed by atoms with Crippen LogP contribution in [0.4, 0.5) is 16.2 Å². The van der Waals surface area contributed by atoms with E-state index in [0.717, 1.165) is 0 Å². The summed E-state index contributed by atoms with van der Waals surface area (Å²) in [5, 5.41) is 5.79. The van der Waals surface area contributed by atoms with Crippen LogP contribution < -0.4 is 15.4 Å². The second kappa shape index (κ2) is 8.21. The number of amides is 2. The molecule has 0 bridgehead atoms. The number of anilines is 2. The van der Waals surface area contributed by atoms with Crippen LogP contribution in [-0.2, 0) is 4.74 Å². The number of carbonyl (C=O) groups excluding carboxylic acids is 2. The van der Waals surface area contributed by atoms with E-state index in [1.807, 2.05) is 0 Å². The molecule has 0 heterocycles. The van der Waals surface area contributed by atoms with Crippen LogP contribution in [0.5, 0.6) is 5.75 Å². The molecule has 0 saturated heterocycles. The van der Waals surface area contributed by atoms with Gasteiger partial charge in [-0.2, -0.15) is 0 Å². The number of nitrogens with one attached hydrogen (secondary N) is 2. The Kier molecular flexibility index (Phi) is 6.03. The lowest BCUT2D eigenvalue weighted by atomic mass is 10.2. The second-order valence-corrected chi connectivity index (χ2v) is 5.16. The predicted octanol–water partition coefficient (Wildman–Crippen LogP) is 4.17. The Bertz CT molecular complexity index is 732. The van der Waals surface area contributed by atoms with Crippen molar-refractivity contribution in [3.63, 3.8) is 0 Å². The minimum Gasteiger partial charge on any atom is -0.495 e. The van der Waals surface area contributed by atoms with Crippen LogP contribution in [0.2, 0.25) is 5.02 Å². The number of rotatable bonds is 5. The summed E-state index contributed by atoms with van der Waals surface area (Å²) in [4.78, 5) is 23.6. The van der Waals surface area contributed by atoms with Gasteiger partial charge in [-0.1, -0.05) is 11.6 Å². The highest BCUT2D eigenvalue weighted by Crippen LogP contribution is 2.27. The zero-order valence-corrected chi connectivity index (χ0v) is 14.0. The molecule has 126 valence electrons. The summed E-state index contributed by atoms with van der Waals surface area (Å²) in [6, 6.07) is 10.8. The SMILES string of the molecule is CCOC(=O)c1ccc(NC(=O)Nc2cc(Cl)ccc2OC)cc1. The molecule has 0 fully saturated rings. The van der Waals surface area contributed by atoms with E-state index in [1.54, 1.807) is 49.4 Å². The lowest BCUT2D eigenvalue weighted by molar-refractivity contribution is 0.0526. The first-order valence-corrected chi connectivity index (χ1v) is 7.60. The van der Waals surface area contributed by atoms with Gasteiger partial charge in [0.25, 0.3) is 0 Å². The number of ether oxygens (including phenoxy) is 2. The van der Waals surface area contributed by atoms with Crippen LogP contribution in [0.15, 0.2) is 42.5 Å². The zero-order chi connectivity index (χ0) is 17.5. The van der Waals surface area contributed by atoms with E-state index in [4.69, 9.17) is 21.1 Å². The molecule has 7 heteroatoms. The first kappa shape index (κ1) is 17.6. The molecule has 0 aliphatic rings. The number of methoxy groups -OCH3 is 1. The van der Waals surface area contributed by atoms with Crippen LogP contribution in [-0.4, -0.2) is 25.7 Å². The molecule has 2 aromatic rings. The molecule has 2 rings (SSSR count). The van der Waals surface area contributed by atoms with Crippen LogP contribution in [0.3, 0.4) is 0 Å². The number of carbonyl (C=O) groups is 2. The number of hydrogen-bond donors (Lipinski definition) is 2. The van der Waals surface area contributed by atoms with Gasteiger partial charge in [-0.3, -0.25) is 0 Å². The molecule has 0 aliphatic heterocycles. The van der Waals surface area contributed by atoms with Crippen LogP contribution in [0.25, 0.3) is 0 Å². The van der Waals surface area contributed by atoms with Crippen molar-refractivity contribution in [3.8, 4) is 5.75 Å². The highest BCUT2D eigenvalue weighted by molar-refractivity contribution is 6.31. The molecule has 0 atom stereocenters. The third kappa shape index (κ3) is 4.63. The number of urea groups is 1. The highest BCUT2D eigenvalue weighted by Gasteiger charge is 2.10. The Balaban J connectivity index is 2.02. The van der Waals surface area contributed by atoms with E-state index in [0.29, 0.717) is 34.3 Å². The Labute approximate surface area is 144 Å². The first-order valence-electron chi connectivity index (χ1n) is 7.22. The summed E-state index contributed by atoms with van der Waals surface area (Å²) in [6.07, 6.45) is 0. The third-order valence-electron chi connectivity index (χ3n) is 3.06. The highest BCUT2D eigenvalue weighted by atomic mass is 35.5. The largest absolute Gasteiger partial charge is 0.495 e. The van der Waals surface area contributed by atoms with Crippen LogP contribution in [0.1, 0.15) is 17.3 Å². The van der Waals surface area contributed by atoms with Gasteiger partial charge in [0.2, 0.25) is 0 Å². The van der Waals surface area contributed by atoms with Gasteiger partial charge in [0.1, 0.15) is 5.75 Å². The lowest BCUT2D eigenvalue weighted by Gasteiger charge is -2.11. The van der Waals surface area contributed by atoms with E-state index < -0.39 is 12.0 Å². The van der Waals surface area contributed by atoms with Gasteiger partial charge in [0, 0.05) is 10.7 Å². The van der Waals surface area contributed by atoms with Gasteiger partial charge in [0.05, 0.1) is 25.0 Å². The van der Waals surface area contributed by atoms with Crippen LogP contribution in [0, 0.1) is 0 Å². The van der Waals surface area contributed by atoms with Crippen molar-refractivity contribution in [2.75, 3.05) is 24.4 Å². The molecule has 2 N–H and O–H groups in total. The van der Waals surface area contributed by atoms with Crippen LogP contribution >= 0.6 is 11.6 Å². The summed E-state index contributed by atoms with van der Waals surface area (Å²) < 4.78 is 10.1. The monoisotopic (exact) mass is 348 g/mol. The molecule has 0 spiro atoms. The van der Waals surface area contributed by atoms with E-state index in [9.17, 15) is 9.59 Å². The fourth-order valence-corrected chi connectivity index (χ4v) is 2.14. The third-order valence-corrected chi connectivity index (χ3v) is 3.30. The molecule has 2 aromatic carbocycles. The number of benzene rings is 2. The summed E-state index contributed by atoms with van der Waals surface area (Å²) in [6.45, 7) is 2.05. The summed E-state index contributed by atoms with van der Waals surface area (Å²) >= 11 is 5.92. The molecule has 0 radical (unpaired) electrons. The van der Waals surface area contributed by atoms with Crippen molar-refractivity contribution in [2.45, 2.75) is 6.92 Å². The smallest absolute Gasteiger partial charge is 0.338 e. The van der Waals surface area contributed by atoms with Gasteiger partial charge in [-0.05, 0) is 49.4 Å². The maximum absolute atomic E-state index is 12.1. The maximum Gasteiger partial charge on any atom is 0.338 e. The van der Waals surface area contributed by atoms with Crippen molar-refractivity contribution in [1.82, 2.24) is 0 Å². The van der Waals surface area contributed by atoms with E-state index in [1.165, 1.54) is 7.11 Å². The normalized spacial score (nSPS) is 9.96. The zero-order valence-electron chi connectivity index (χ0n) is 13.3. The number of hydrogen-bond acceptors (Lipinski definition) is 4. The molecule has 0 saturated carbocycles. The molecular weight excluding hydrogens is 332 g/mol. The fourth-order valence-electron chi connectivity index (χ4n) is 1.97. The maximum atomic E-state index is 12.1. The predicted molar refractivity (Wildman–Crippen MR) is 93.0 cm³/mol. The standard InChI is InChI=1S/C17H17ClN2O4/c1-3-24-16(21)11-4-7-13(8-5-11)19-17(22)20-14-10-12(18)6-9-15(14)23-2/h4-10H,3H2,1-2H3,(H2,19,20,22). The van der Waals surface area contributed by atoms with E-state index in [-0.39, 0.29) is 0 Å².